The van der Waals surface area contributed by atoms with Gasteiger partial charge in [0.15, 0.2) is 0 Å². The van der Waals surface area contributed by atoms with Gasteiger partial charge in [-0.2, -0.15) is 0 Å². The summed E-state index contributed by atoms with van der Waals surface area (Å²) >= 11 is 0. The Balaban J connectivity index is 2.91. The van der Waals surface area contributed by atoms with Crippen LogP contribution in [0.15, 0.2) is 24.3 Å². The fourth-order valence-electron chi connectivity index (χ4n) is 1.72. The lowest BCUT2D eigenvalue weighted by atomic mass is 10.1. The Hall–Kier alpha value is -1.77. The van der Waals surface area contributed by atoms with E-state index >= 15 is 0 Å². The minimum atomic E-state index is 0.559. The number of nitrogens with one attached hydrogen (secondary N) is 1. The number of benzene rings is 1. The van der Waals surface area contributed by atoms with Crippen molar-refractivity contribution in [1.82, 2.24) is 4.57 Å². The second-order valence-corrected chi connectivity index (χ2v) is 3.64. The van der Waals surface area contributed by atoms with Crippen LogP contribution >= 0.6 is 0 Å². The van der Waals surface area contributed by atoms with Crippen molar-refractivity contribution >= 4 is 10.9 Å². The average molecular weight is 202 g/mol. The van der Waals surface area contributed by atoms with Crippen molar-refractivity contribution < 1.29 is 4.74 Å². The van der Waals surface area contributed by atoms with Crippen LogP contribution in [0, 0.1) is 12.3 Å². The summed E-state index contributed by atoms with van der Waals surface area (Å²) in [6.45, 7) is 2.00. The van der Waals surface area contributed by atoms with Gasteiger partial charge in [-0.1, -0.05) is 0 Å². The third-order valence-electron chi connectivity index (χ3n) is 2.74. The molecule has 1 N–H and O–H groups in total. The smallest absolute Gasteiger partial charge is 0.120 e. The van der Waals surface area contributed by atoms with E-state index in [-0.39, 0.29) is 0 Å². The van der Waals surface area contributed by atoms with Crippen molar-refractivity contribution in [2.24, 2.45) is 7.05 Å². The zero-order valence-corrected chi connectivity index (χ0v) is 9.16. The van der Waals surface area contributed by atoms with Crippen LogP contribution < -0.4 is 10.1 Å². The predicted molar refractivity (Wildman–Crippen MR) is 60.1 cm³/mol. The first-order valence-electron chi connectivity index (χ1n) is 4.82. The van der Waals surface area contributed by atoms with Crippen molar-refractivity contribution in [3.63, 3.8) is 0 Å². The highest BCUT2D eigenvalue weighted by atomic mass is 16.5. The second kappa shape index (κ2) is 3.42. The highest BCUT2D eigenvalue weighted by Gasteiger charge is 2.02. The van der Waals surface area contributed by atoms with Crippen LogP contribution in [0.4, 0.5) is 0 Å². The number of aryl methyl sites for hydroxylation is 2. The molecule has 0 aliphatic carbocycles. The monoisotopic (exact) mass is 202 g/mol. The van der Waals surface area contributed by atoms with Gasteiger partial charge in [0, 0.05) is 24.2 Å². The molecule has 0 aliphatic rings. The van der Waals surface area contributed by atoms with E-state index in [1.165, 1.54) is 0 Å². The van der Waals surface area contributed by atoms with Gasteiger partial charge < -0.3 is 14.7 Å². The first-order valence-corrected chi connectivity index (χ1v) is 4.82. The Morgan fingerprint density at radius 3 is 2.67 bits per heavy atom. The van der Waals surface area contributed by atoms with Gasteiger partial charge in [-0.3, -0.25) is 0 Å². The topological polar surface area (TPSA) is 38.0 Å². The number of pyridine rings is 1. The summed E-state index contributed by atoms with van der Waals surface area (Å²) in [7, 11) is 3.65. The van der Waals surface area contributed by atoms with Gasteiger partial charge >= 0.3 is 0 Å². The van der Waals surface area contributed by atoms with Gasteiger partial charge in [0.25, 0.3) is 0 Å². The van der Waals surface area contributed by atoms with Gasteiger partial charge in [0.2, 0.25) is 0 Å². The number of aromatic nitrogens is 1. The molecule has 0 radical (unpaired) electrons. The summed E-state index contributed by atoms with van der Waals surface area (Å²) < 4.78 is 7.25. The van der Waals surface area contributed by atoms with E-state index < -0.39 is 0 Å². The van der Waals surface area contributed by atoms with E-state index in [4.69, 9.17) is 10.1 Å². The minimum Gasteiger partial charge on any atom is -0.497 e. The predicted octanol–water partition coefficient (Wildman–Crippen LogP) is 1.97. The summed E-state index contributed by atoms with van der Waals surface area (Å²) in [5.41, 5.74) is 2.10. The van der Waals surface area contributed by atoms with E-state index in [9.17, 15) is 0 Å². The fraction of sp³-hybridized carbons (Fsp3) is 0.250. The number of hydrogen-bond donors (Lipinski definition) is 1. The minimum absolute atomic E-state index is 0.559. The molecular weight excluding hydrogens is 188 g/mol. The molecule has 0 atom stereocenters. The summed E-state index contributed by atoms with van der Waals surface area (Å²) in [5, 5.41) is 9.38. The summed E-state index contributed by atoms with van der Waals surface area (Å²) in [5.74, 6) is 0.822. The van der Waals surface area contributed by atoms with Crippen LogP contribution in [0.3, 0.4) is 0 Å². The van der Waals surface area contributed by atoms with Crippen LogP contribution in [-0.4, -0.2) is 11.7 Å². The molecule has 15 heavy (non-hydrogen) atoms. The lowest BCUT2D eigenvalue weighted by molar-refractivity contribution is 0.415. The third-order valence-corrected chi connectivity index (χ3v) is 2.74. The number of ether oxygens (including phenoxy) is 1. The maximum absolute atomic E-state index is 7.87. The van der Waals surface area contributed by atoms with Gasteiger partial charge in [0.1, 0.15) is 5.75 Å². The maximum atomic E-state index is 7.87. The molecular formula is C12H14N2O. The Bertz CT molecular complexity index is 570. The molecule has 1 heterocycles. The summed E-state index contributed by atoms with van der Waals surface area (Å²) in [6.07, 6.45) is 0. The number of methoxy groups -OCH3 is 1. The van der Waals surface area contributed by atoms with Crippen LogP contribution in [0.2, 0.25) is 0 Å². The van der Waals surface area contributed by atoms with Gasteiger partial charge in [-0.25, -0.2) is 0 Å². The normalized spacial score (nSPS) is 10.6. The van der Waals surface area contributed by atoms with Crippen molar-refractivity contribution in [3.05, 3.63) is 35.3 Å². The molecule has 78 valence electrons. The Kier molecular flexibility index (Phi) is 2.23. The van der Waals surface area contributed by atoms with E-state index in [1.807, 2.05) is 38.2 Å². The van der Waals surface area contributed by atoms with E-state index in [1.54, 1.807) is 7.11 Å². The molecule has 0 saturated carbocycles. The van der Waals surface area contributed by atoms with Crippen molar-refractivity contribution in [2.75, 3.05) is 7.11 Å². The van der Waals surface area contributed by atoms with E-state index in [0.717, 1.165) is 22.3 Å². The third kappa shape index (κ3) is 1.50. The highest BCUT2D eigenvalue weighted by molar-refractivity contribution is 5.80. The van der Waals surface area contributed by atoms with Crippen molar-refractivity contribution in [3.8, 4) is 5.75 Å². The Labute approximate surface area is 88.4 Å². The van der Waals surface area contributed by atoms with E-state index in [0.29, 0.717) is 5.36 Å². The molecule has 3 nitrogen and oxygen atoms in total. The van der Waals surface area contributed by atoms with Gasteiger partial charge in [-0.15, -0.1) is 0 Å². The molecule has 0 bridgehead atoms. The van der Waals surface area contributed by atoms with Gasteiger partial charge in [-0.05, 0) is 25.1 Å². The number of rotatable bonds is 1. The Morgan fingerprint density at radius 1 is 1.27 bits per heavy atom. The quantitative estimate of drug-likeness (QED) is 0.754. The molecule has 0 amide bonds. The molecule has 1 aromatic carbocycles. The first-order chi connectivity index (χ1) is 7.13. The molecule has 0 aliphatic heterocycles. The lowest BCUT2D eigenvalue weighted by Crippen LogP contribution is -2.09. The van der Waals surface area contributed by atoms with Crippen molar-refractivity contribution in [2.45, 2.75) is 6.92 Å². The molecule has 0 spiro atoms. The number of fused-ring (bicyclic) bond motifs is 1. The van der Waals surface area contributed by atoms with Crippen LogP contribution in [0.25, 0.3) is 10.9 Å². The maximum Gasteiger partial charge on any atom is 0.120 e. The molecule has 3 heteroatoms. The molecule has 2 rings (SSSR count). The molecule has 2 aromatic rings. The zero-order chi connectivity index (χ0) is 11.0. The zero-order valence-electron chi connectivity index (χ0n) is 9.16. The molecule has 1 aromatic heterocycles. The largest absolute Gasteiger partial charge is 0.497 e. The Morgan fingerprint density at radius 2 is 2.00 bits per heavy atom. The van der Waals surface area contributed by atoms with Gasteiger partial charge in [0.05, 0.1) is 18.0 Å². The van der Waals surface area contributed by atoms with Crippen LogP contribution in [0.1, 0.15) is 5.69 Å². The summed E-state index contributed by atoms with van der Waals surface area (Å²) in [4.78, 5) is 0. The molecule has 0 fully saturated rings. The van der Waals surface area contributed by atoms with Crippen molar-refractivity contribution in [1.29, 1.82) is 5.41 Å². The number of nitrogens with zero attached hydrogens (tertiary/aromatic N) is 1. The molecule has 0 unspecified atom stereocenters. The summed E-state index contributed by atoms with van der Waals surface area (Å²) in [6, 6.07) is 7.64. The second-order valence-electron chi connectivity index (χ2n) is 3.64. The average Bonchev–Trinajstić information content (AvgIpc) is 2.25. The standard InChI is InChI=1S/C12H14N2O/c1-8-6-11(13)10-5-4-9(15-3)7-12(10)14(8)2/h4-7,13H,1-3H3. The molecule has 0 saturated heterocycles. The highest BCUT2D eigenvalue weighted by Crippen LogP contribution is 2.18. The fourth-order valence-corrected chi connectivity index (χ4v) is 1.72. The van der Waals surface area contributed by atoms with Crippen LogP contribution in [-0.2, 0) is 7.05 Å². The lowest BCUT2D eigenvalue weighted by Gasteiger charge is -2.10. The first kappa shape index (κ1) is 9.77. The van der Waals surface area contributed by atoms with E-state index in [2.05, 4.69) is 4.57 Å². The van der Waals surface area contributed by atoms with Crippen LogP contribution in [0.5, 0.6) is 5.75 Å². The SMILES string of the molecule is COc1ccc2c(=N)cc(C)n(C)c2c1. The number of hydrogen-bond acceptors (Lipinski definition) is 2.